The van der Waals surface area contributed by atoms with Gasteiger partial charge in [-0.3, -0.25) is 4.79 Å². The molecular formula is C11H24N2O2. The van der Waals surface area contributed by atoms with Crippen LogP contribution in [0.4, 0.5) is 0 Å². The van der Waals surface area contributed by atoms with Crippen LogP contribution in [0.1, 0.15) is 34.1 Å². The lowest BCUT2D eigenvalue weighted by molar-refractivity contribution is -0.123. The summed E-state index contributed by atoms with van der Waals surface area (Å²) in [6.45, 7) is 8.16. The Kier molecular flexibility index (Phi) is 6.52. The minimum Gasteiger partial charge on any atom is -0.393 e. The molecule has 4 nitrogen and oxygen atoms in total. The molecule has 4 N–H and O–H groups in total. The summed E-state index contributed by atoms with van der Waals surface area (Å²) in [5.41, 5.74) is 5.69. The molecule has 0 saturated heterocycles. The second-order valence-corrected chi connectivity index (χ2v) is 4.70. The van der Waals surface area contributed by atoms with E-state index in [9.17, 15) is 4.79 Å². The topological polar surface area (TPSA) is 75.3 Å². The van der Waals surface area contributed by atoms with E-state index in [4.69, 9.17) is 10.8 Å². The minimum absolute atomic E-state index is 0.109. The molecule has 3 atom stereocenters. The van der Waals surface area contributed by atoms with E-state index in [1.807, 2.05) is 20.8 Å². The predicted octanol–water partition coefficient (Wildman–Crippen LogP) is 0.493. The molecule has 0 fully saturated rings. The van der Waals surface area contributed by atoms with Crippen LogP contribution in [0.2, 0.25) is 0 Å². The summed E-state index contributed by atoms with van der Waals surface area (Å²) < 4.78 is 0. The first-order valence-electron chi connectivity index (χ1n) is 5.56. The van der Waals surface area contributed by atoms with Crippen molar-refractivity contribution in [3.63, 3.8) is 0 Å². The minimum atomic E-state index is -0.441. The largest absolute Gasteiger partial charge is 0.393 e. The Bertz CT molecular complexity index is 193. The highest BCUT2D eigenvalue weighted by atomic mass is 16.3. The number of amides is 1. The van der Waals surface area contributed by atoms with Gasteiger partial charge >= 0.3 is 0 Å². The van der Waals surface area contributed by atoms with Crippen LogP contribution in [0, 0.1) is 11.8 Å². The van der Waals surface area contributed by atoms with E-state index in [-0.39, 0.29) is 23.8 Å². The van der Waals surface area contributed by atoms with Gasteiger partial charge in [-0.15, -0.1) is 0 Å². The molecule has 0 aliphatic heterocycles. The van der Waals surface area contributed by atoms with Crippen LogP contribution in [-0.4, -0.2) is 29.7 Å². The lowest BCUT2D eigenvalue weighted by atomic mass is 10.0. The summed E-state index contributed by atoms with van der Waals surface area (Å²) in [6.07, 6.45) is 0.368. The Morgan fingerprint density at radius 1 is 1.33 bits per heavy atom. The maximum absolute atomic E-state index is 11.5. The monoisotopic (exact) mass is 216 g/mol. The SMILES string of the molecule is CC(O)CC(C)CNC(=O)[C@@H](N)C(C)C. The van der Waals surface area contributed by atoms with Gasteiger partial charge in [-0.25, -0.2) is 0 Å². The summed E-state index contributed by atoms with van der Waals surface area (Å²) in [6, 6.07) is -0.441. The van der Waals surface area contributed by atoms with Crippen LogP contribution in [0.25, 0.3) is 0 Å². The number of aliphatic hydroxyl groups is 1. The van der Waals surface area contributed by atoms with Gasteiger partial charge in [0.2, 0.25) is 5.91 Å². The van der Waals surface area contributed by atoms with Crippen molar-refractivity contribution >= 4 is 5.91 Å². The highest BCUT2D eigenvalue weighted by Crippen LogP contribution is 2.04. The molecule has 0 aliphatic rings. The number of nitrogens with two attached hydrogens (primary N) is 1. The van der Waals surface area contributed by atoms with Gasteiger partial charge in [-0.05, 0) is 25.2 Å². The molecule has 1 amide bonds. The molecule has 0 aromatic heterocycles. The molecule has 0 spiro atoms. The molecule has 0 aromatic carbocycles. The van der Waals surface area contributed by atoms with E-state index >= 15 is 0 Å². The average Bonchev–Trinajstić information content (AvgIpc) is 2.11. The van der Waals surface area contributed by atoms with Crippen LogP contribution in [0.5, 0.6) is 0 Å². The van der Waals surface area contributed by atoms with E-state index in [0.717, 1.165) is 0 Å². The average molecular weight is 216 g/mol. The zero-order valence-corrected chi connectivity index (χ0v) is 10.2. The third kappa shape index (κ3) is 6.47. The van der Waals surface area contributed by atoms with Crippen molar-refractivity contribution in [3.05, 3.63) is 0 Å². The number of carbonyl (C=O) groups excluding carboxylic acids is 1. The maximum Gasteiger partial charge on any atom is 0.237 e. The Balaban J connectivity index is 3.80. The second kappa shape index (κ2) is 6.80. The van der Waals surface area contributed by atoms with Gasteiger partial charge in [0.15, 0.2) is 0 Å². The lowest BCUT2D eigenvalue weighted by Gasteiger charge is -2.18. The number of aliphatic hydroxyl groups excluding tert-OH is 1. The molecule has 0 bridgehead atoms. The first kappa shape index (κ1) is 14.4. The normalized spacial score (nSPS) is 17.3. The fourth-order valence-corrected chi connectivity index (χ4v) is 1.36. The number of hydrogen-bond donors (Lipinski definition) is 3. The molecule has 90 valence electrons. The Morgan fingerprint density at radius 3 is 2.27 bits per heavy atom. The Labute approximate surface area is 92.2 Å². The first-order valence-corrected chi connectivity index (χ1v) is 5.56. The highest BCUT2D eigenvalue weighted by Gasteiger charge is 2.17. The Morgan fingerprint density at radius 2 is 1.87 bits per heavy atom. The molecule has 4 heteroatoms. The quantitative estimate of drug-likeness (QED) is 0.605. The van der Waals surface area contributed by atoms with E-state index in [2.05, 4.69) is 5.32 Å². The molecular weight excluding hydrogens is 192 g/mol. The zero-order valence-electron chi connectivity index (χ0n) is 10.2. The van der Waals surface area contributed by atoms with Crippen LogP contribution in [0.15, 0.2) is 0 Å². The summed E-state index contributed by atoms with van der Waals surface area (Å²) in [5, 5.41) is 11.9. The molecule has 0 aliphatic carbocycles. The van der Waals surface area contributed by atoms with Gasteiger partial charge in [0.1, 0.15) is 0 Å². The van der Waals surface area contributed by atoms with Crippen molar-refractivity contribution in [3.8, 4) is 0 Å². The van der Waals surface area contributed by atoms with Crippen molar-refractivity contribution in [2.45, 2.75) is 46.3 Å². The van der Waals surface area contributed by atoms with E-state index in [1.54, 1.807) is 6.92 Å². The van der Waals surface area contributed by atoms with Gasteiger partial charge in [-0.1, -0.05) is 20.8 Å². The standard InChI is InChI=1S/C11H24N2O2/c1-7(2)10(12)11(15)13-6-8(3)5-9(4)14/h7-10,14H,5-6,12H2,1-4H3,(H,13,15)/t8?,9?,10-/m0/s1. The van der Waals surface area contributed by atoms with E-state index < -0.39 is 6.04 Å². The van der Waals surface area contributed by atoms with Crippen LogP contribution < -0.4 is 11.1 Å². The highest BCUT2D eigenvalue weighted by molar-refractivity contribution is 5.81. The summed E-state index contributed by atoms with van der Waals surface area (Å²) in [7, 11) is 0. The predicted molar refractivity (Wildman–Crippen MR) is 61.3 cm³/mol. The van der Waals surface area contributed by atoms with Gasteiger partial charge in [0.25, 0.3) is 0 Å². The number of nitrogens with one attached hydrogen (secondary N) is 1. The summed E-state index contributed by atoms with van der Waals surface area (Å²) in [4.78, 5) is 11.5. The van der Waals surface area contributed by atoms with Gasteiger partial charge in [0.05, 0.1) is 12.1 Å². The first-order chi connectivity index (χ1) is 6.84. The summed E-state index contributed by atoms with van der Waals surface area (Å²) >= 11 is 0. The van der Waals surface area contributed by atoms with Crippen molar-refractivity contribution < 1.29 is 9.90 Å². The van der Waals surface area contributed by atoms with E-state index in [1.165, 1.54) is 0 Å². The van der Waals surface area contributed by atoms with Crippen molar-refractivity contribution in [1.82, 2.24) is 5.32 Å². The van der Waals surface area contributed by atoms with Crippen LogP contribution >= 0.6 is 0 Å². The van der Waals surface area contributed by atoms with Gasteiger partial charge in [-0.2, -0.15) is 0 Å². The molecule has 0 saturated carbocycles. The molecule has 0 radical (unpaired) electrons. The number of hydrogen-bond acceptors (Lipinski definition) is 3. The molecule has 0 heterocycles. The smallest absolute Gasteiger partial charge is 0.237 e. The molecule has 2 unspecified atom stereocenters. The van der Waals surface area contributed by atoms with Gasteiger partial charge in [0, 0.05) is 6.54 Å². The van der Waals surface area contributed by atoms with E-state index in [0.29, 0.717) is 13.0 Å². The lowest BCUT2D eigenvalue weighted by Crippen LogP contribution is -2.45. The maximum atomic E-state index is 11.5. The van der Waals surface area contributed by atoms with Crippen molar-refractivity contribution in [1.29, 1.82) is 0 Å². The third-order valence-electron chi connectivity index (χ3n) is 2.39. The Hall–Kier alpha value is -0.610. The fourth-order valence-electron chi connectivity index (χ4n) is 1.36. The fraction of sp³-hybridized carbons (Fsp3) is 0.909. The van der Waals surface area contributed by atoms with Crippen LogP contribution in [-0.2, 0) is 4.79 Å². The third-order valence-corrected chi connectivity index (χ3v) is 2.39. The molecule has 15 heavy (non-hydrogen) atoms. The van der Waals surface area contributed by atoms with Crippen LogP contribution in [0.3, 0.4) is 0 Å². The number of rotatable bonds is 6. The molecule has 0 aromatic rings. The summed E-state index contributed by atoms with van der Waals surface area (Å²) in [5.74, 6) is 0.313. The van der Waals surface area contributed by atoms with Crippen molar-refractivity contribution in [2.24, 2.45) is 17.6 Å². The second-order valence-electron chi connectivity index (χ2n) is 4.70. The number of carbonyl (C=O) groups is 1. The van der Waals surface area contributed by atoms with Crippen molar-refractivity contribution in [2.75, 3.05) is 6.54 Å². The zero-order chi connectivity index (χ0) is 12.0. The molecule has 0 rings (SSSR count). The van der Waals surface area contributed by atoms with Gasteiger partial charge < -0.3 is 16.2 Å².